The second kappa shape index (κ2) is 8.39. The van der Waals surface area contributed by atoms with E-state index >= 15 is 0 Å². The van der Waals surface area contributed by atoms with Crippen molar-refractivity contribution in [2.75, 3.05) is 19.7 Å². The summed E-state index contributed by atoms with van der Waals surface area (Å²) in [5, 5.41) is 5.59. The quantitative estimate of drug-likeness (QED) is 0.655. The van der Waals surface area contributed by atoms with Gasteiger partial charge in [0.1, 0.15) is 0 Å². The van der Waals surface area contributed by atoms with Crippen molar-refractivity contribution >= 4 is 6.03 Å². The topological polar surface area (TPSA) is 50.4 Å². The number of carbonyl (C=O) groups is 1. The van der Waals surface area contributed by atoms with E-state index in [2.05, 4.69) is 10.6 Å². The van der Waals surface area contributed by atoms with Crippen molar-refractivity contribution in [3.63, 3.8) is 0 Å². The molecule has 0 saturated heterocycles. The van der Waals surface area contributed by atoms with E-state index in [0.717, 1.165) is 26.0 Å². The zero-order chi connectivity index (χ0) is 11.6. The van der Waals surface area contributed by atoms with Crippen LogP contribution in [0.4, 0.5) is 4.79 Å². The number of rotatable bonds is 7. The highest BCUT2D eigenvalue weighted by atomic mass is 16.5. The fourth-order valence-corrected chi connectivity index (χ4v) is 1.88. The van der Waals surface area contributed by atoms with Crippen LogP contribution >= 0.6 is 0 Å². The van der Waals surface area contributed by atoms with Gasteiger partial charge in [-0.25, -0.2) is 4.79 Å². The molecule has 0 aromatic heterocycles. The molecule has 0 radical (unpaired) electrons. The first-order valence-corrected chi connectivity index (χ1v) is 6.46. The van der Waals surface area contributed by atoms with Gasteiger partial charge in [-0.2, -0.15) is 0 Å². The normalized spacial score (nSPS) is 16.3. The van der Waals surface area contributed by atoms with Crippen LogP contribution in [0.1, 0.15) is 45.4 Å². The molecule has 0 heterocycles. The summed E-state index contributed by atoms with van der Waals surface area (Å²) in [6.45, 7) is 4.24. The molecule has 1 aliphatic carbocycles. The molecule has 94 valence electrons. The van der Waals surface area contributed by atoms with Gasteiger partial charge in [0.05, 0.1) is 6.10 Å². The van der Waals surface area contributed by atoms with E-state index < -0.39 is 0 Å². The zero-order valence-corrected chi connectivity index (χ0v) is 10.3. The maximum atomic E-state index is 11.2. The number of ether oxygens (including phenoxy) is 1. The first kappa shape index (κ1) is 13.3. The Kier molecular flexibility index (Phi) is 6.97. The molecule has 1 saturated carbocycles. The molecule has 1 aliphatic rings. The number of nitrogens with one attached hydrogen (secondary N) is 2. The van der Waals surface area contributed by atoms with Crippen molar-refractivity contribution in [3.05, 3.63) is 0 Å². The lowest BCUT2D eigenvalue weighted by Crippen LogP contribution is -2.36. The molecule has 0 unspecified atom stereocenters. The highest BCUT2D eigenvalue weighted by Crippen LogP contribution is 2.20. The predicted octanol–water partition coefficient (Wildman–Crippen LogP) is 2.04. The summed E-state index contributed by atoms with van der Waals surface area (Å²) in [5.74, 6) is 0. The fraction of sp³-hybridized carbons (Fsp3) is 0.917. The van der Waals surface area contributed by atoms with Crippen LogP contribution in [0.3, 0.4) is 0 Å². The minimum Gasteiger partial charge on any atom is -0.378 e. The standard InChI is InChI=1S/C12H24N2O2/c1-2-8-13-12(15)14-9-5-10-16-11-6-3-4-7-11/h11H,2-10H2,1H3,(H2,13,14,15). The highest BCUT2D eigenvalue weighted by molar-refractivity contribution is 5.73. The lowest BCUT2D eigenvalue weighted by molar-refractivity contribution is 0.0572. The largest absolute Gasteiger partial charge is 0.378 e. The van der Waals surface area contributed by atoms with Crippen LogP contribution in [0, 0.1) is 0 Å². The third-order valence-electron chi connectivity index (χ3n) is 2.80. The molecule has 4 nitrogen and oxygen atoms in total. The van der Waals surface area contributed by atoms with Crippen LogP contribution in [0.25, 0.3) is 0 Å². The number of hydrogen-bond acceptors (Lipinski definition) is 2. The Balaban J connectivity index is 1.85. The third-order valence-corrected chi connectivity index (χ3v) is 2.80. The molecule has 0 atom stereocenters. The maximum Gasteiger partial charge on any atom is 0.314 e. The number of carbonyl (C=O) groups excluding carboxylic acids is 1. The number of amides is 2. The molecule has 0 aromatic rings. The molecule has 0 spiro atoms. The van der Waals surface area contributed by atoms with Crippen LogP contribution in [-0.4, -0.2) is 31.8 Å². The number of urea groups is 1. The van der Waals surface area contributed by atoms with Gasteiger partial charge >= 0.3 is 6.03 Å². The second-order valence-electron chi connectivity index (χ2n) is 4.31. The number of hydrogen-bond donors (Lipinski definition) is 2. The SMILES string of the molecule is CCCNC(=O)NCCCOC1CCCC1. The van der Waals surface area contributed by atoms with E-state index in [4.69, 9.17) is 4.74 Å². The first-order chi connectivity index (χ1) is 7.83. The molecule has 1 fully saturated rings. The van der Waals surface area contributed by atoms with Gasteiger partial charge in [-0.15, -0.1) is 0 Å². The van der Waals surface area contributed by atoms with E-state index in [1.54, 1.807) is 0 Å². The average Bonchev–Trinajstić information content (AvgIpc) is 2.79. The molecule has 1 rings (SSSR count). The molecule has 0 aromatic carbocycles. The highest BCUT2D eigenvalue weighted by Gasteiger charge is 2.14. The molecular formula is C12H24N2O2. The Hall–Kier alpha value is -0.770. The zero-order valence-electron chi connectivity index (χ0n) is 10.3. The Morgan fingerprint density at radius 3 is 2.62 bits per heavy atom. The van der Waals surface area contributed by atoms with Crippen LogP contribution in [0.15, 0.2) is 0 Å². The van der Waals surface area contributed by atoms with Gasteiger partial charge in [-0.05, 0) is 25.7 Å². The van der Waals surface area contributed by atoms with Gasteiger partial charge in [0.25, 0.3) is 0 Å². The summed E-state index contributed by atoms with van der Waals surface area (Å²) in [4.78, 5) is 11.2. The van der Waals surface area contributed by atoms with Crippen molar-refractivity contribution in [3.8, 4) is 0 Å². The molecule has 2 N–H and O–H groups in total. The third kappa shape index (κ3) is 5.95. The van der Waals surface area contributed by atoms with Crippen LogP contribution in [0.2, 0.25) is 0 Å². The summed E-state index contributed by atoms with van der Waals surface area (Å²) < 4.78 is 5.69. The minimum atomic E-state index is -0.0669. The van der Waals surface area contributed by atoms with Crippen LogP contribution in [0.5, 0.6) is 0 Å². The van der Waals surface area contributed by atoms with Gasteiger partial charge < -0.3 is 15.4 Å². The average molecular weight is 228 g/mol. The van der Waals surface area contributed by atoms with Gasteiger partial charge in [0.2, 0.25) is 0 Å². The molecule has 2 amide bonds. The van der Waals surface area contributed by atoms with E-state index in [1.165, 1.54) is 25.7 Å². The minimum absolute atomic E-state index is 0.0669. The Bertz CT molecular complexity index is 191. The molecule has 16 heavy (non-hydrogen) atoms. The molecule has 0 bridgehead atoms. The van der Waals surface area contributed by atoms with Gasteiger partial charge in [0, 0.05) is 19.7 Å². The molecule has 4 heteroatoms. The predicted molar refractivity (Wildman–Crippen MR) is 64.5 cm³/mol. The second-order valence-corrected chi connectivity index (χ2v) is 4.31. The van der Waals surface area contributed by atoms with Crippen LogP contribution < -0.4 is 10.6 Å². The van der Waals surface area contributed by atoms with E-state index in [0.29, 0.717) is 12.6 Å². The lowest BCUT2D eigenvalue weighted by Gasteiger charge is -2.11. The van der Waals surface area contributed by atoms with Crippen molar-refractivity contribution in [2.45, 2.75) is 51.6 Å². The fourth-order valence-electron chi connectivity index (χ4n) is 1.88. The van der Waals surface area contributed by atoms with Gasteiger partial charge in [-0.3, -0.25) is 0 Å². The Morgan fingerprint density at radius 2 is 1.94 bits per heavy atom. The van der Waals surface area contributed by atoms with E-state index in [-0.39, 0.29) is 6.03 Å². The van der Waals surface area contributed by atoms with E-state index in [9.17, 15) is 4.79 Å². The first-order valence-electron chi connectivity index (χ1n) is 6.46. The Morgan fingerprint density at radius 1 is 1.25 bits per heavy atom. The van der Waals surface area contributed by atoms with Crippen LogP contribution in [-0.2, 0) is 4.74 Å². The van der Waals surface area contributed by atoms with Gasteiger partial charge in [0.15, 0.2) is 0 Å². The monoisotopic (exact) mass is 228 g/mol. The van der Waals surface area contributed by atoms with Crippen molar-refractivity contribution in [1.82, 2.24) is 10.6 Å². The van der Waals surface area contributed by atoms with Gasteiger partial charge in [-0.1, -0.05) is 19.8 Å². The Labute approximate surface area is 98.1 Å². The van der Waals surface area contributed by atoms with Crippen molar-refractivity contribution in [1.29, 1.82) is 0 Å². The molecule has 0 aliphatic heterocycles. The maximum absolute atomic E-state index is 11.2. The van der Waals surface area contributed by atoms with E-state index in [1.807, 2.05) is 6.92 Å². The summed E-state index contributed by atoms with van der Waals surface area (Å²) in [6.07, 6.45) is 7.39. The summed E-state index contributed by atoms with van der Waals surface area (Å²) >= 11 is 0. The molecular weight excluding hydrogens is 204 g/mol. The smallest absolute Gasteiger partial charge is 0.314 e. The summed E-state index contributed by atoms with van der Waals surface area (Å²) in [5.41, 5.74) is 0. The van der Waals surface area contributed by atoms with Crippen molar-refractivity contribution < 1.29 is 9.53 Å². The lowest BCUT2D eigenvalue weighted by atomic mass is 10.3. The summed E-state index contributed by atoms with van der Waals surface area (Å²) in [6, 6.07) is -0.0669. The summed E-state index contributed by atoms with van der Waals surface area (Å²) in [7, 11) is 0. The van der Waals surface area contributed by atoms with Crippen molar-refractivity contribution in [2.24, 2.45) is 0 Å².